The first-order chi connectivity index (χ1) is 16.0. The maximum absolute atomic E-state index is 13.4. The number of aryl methyl sites for hydroxylation is 1. The Bertz CT molecular complexity index is 1330. The lowest BCUT2D eigenvalue weighted by Gasteiger charge is -2.23. The van der Waals surface area contributed by atoms with Crippen molar-refractivity contribution < 1.29 is 24.2 Å². The third kappa shape index (κ3) is 3.78. The molecule has 8 heteroatoms. The van der Waals surface area contributed by atoms with Crippen LogP contribution in [-0.2, 0) is 0 Å². The largest absolute Gasteiger partial charge is 0.503 e. The van der Waals surface area contributed by atoms with Gasteiger partial charge in [0.15, 0.2) is 16.6 Å². The summed E-state index contributed by atoms with van der Waals surface area (Å²) < 4.78 is 13.6. The first-order valence-corrected chi connectivity index (χ1v) is 12.1. The molecule has 1 aliphatic carbocycles. The molecule has 0 atom stereocenters. The van der Waals surface area contributed by atoms with Gasteiger partial charge in [0, 0.05) is 11.6 Å². The molecule has 2 N–H and O–H groups in total. The van der Waals surface area contributed by atoms with Gasteiger partial charge in [-0.15, -0.1) is 0 Å². The van der Waals surface area contributed by atoms with Crippen molar-refractivity contribution >= 4 is 27.3 Å². The van der Waals surface area contributed by atoms with Gasteiger partial charge in [0.25, 0.3) is 0 Å². The van der Waals surface area contributed by atoms with Crippen LogP contribution < -0.4 is 4.74 Å². The highest BCUT2D eigenvalue weighted by atomic mass is 32.1. The molecule has 172 valence electrons. The molecule has 33 heavy (non-hydrogen) atoms. The van der Waals surface area contributed by atoms with E-state index in [9.17, 15) is 15.0 Å². The second-order valence-electron chi connectivity index (χ2n) is 8.40. The van der Waals surface area contributed by atoms with E-state index < -0.39 is 11.5 Å². The Morgan fingerprint density at radius 2 is 2.00 bits per heavy atom. The number of aromatic hydroxyl groups is 2. The van der Waals surface area contributed by atoms with E-state index in [1.54, 1.807) is 23.6 Å². The number of hydrogen-bond donors (Lipinski definition) is 2. The van der Waals surface area contributed by atoms with Gasteiger partial charge in [-0.2, -0.15) is 0 Å². The molecule has 0 unspecified atom stereocenters. The topological polar surface area (TPSA) is 97.7 Å². The standard InChI is InChI=1S/C25H26N2O5S/c1-3-31-16-10-11-17-19(13-16)33-25(26-17)27-21(15-7-5-4-6-8-15)20(23(29)24(27)30)22(28)18-12-9-14(2)32-18/h9-13,15,29-30H,3-8H2,1-2H3. The first-order valence-electron chi connectivity index (χ1n) is 11.3. The SMILES string of the molecule is CCOc1ccc2nc(-n3c(O)c(O)c(C(=O)c4ccc(C)o4)c3C3CCCCC3)sc2c1. The smallest absolute Gasteiger partial charge is 0.242 e. The Kier molecular flexibility index (Phi) is 5.62. The molecule has 3 aromatic heterocycles. The molecule has 0 radical (unpaired) electrons. The van der Waals surface area contributed by atoms with Crippen molar-refractivity contribution in [2.75, 3.05) is 6.61 Å². The van der Waals surface area contributed by atoms with E-state index in [2.05, 4.69) is 0 Å². The highest BCUT2D eigenvalue weighted by Gasteiger charge is 2.35. The summed E-state index contributed by atoms with van der Waals surface area (Å²) in [7, 11) is 0. The van der Waals surface area contributed by atoms with E-state index in [4.69, 9.17) is 14.1 Å². The summed E-state index contributed by atoms with van der Waals surface area (Å²) in [5.41, 5.74) is 1.46. The lowest BCUT2D eigenvalue weighted by Crippen LogP contribution is -2.14. The number of nitrogens with zero attached hydrogens (tertiary/aromatic N) is 2. The number of fused-ring (bicyclic) bond motifs is 1. The van der Waals surface area contributed by atoms with E-state index in [0.717, 1.165) is 48.1 Å². The Morgan fingerprint density at radius 3 is 2.70 bits per heavy atom. The number of thiazole rings is 1. The third-order valence-corrected chi connectivity index (χ3v) is 7.19. The summed E-state index contributed by atoms with van der Waals surface area (Å²) in [5, 5.41) is 22.5. The Hall–Kier alpha value is -3.26. The molecule has 1 saturated carbocycles. The van der Waals surface area contributed by atoms with Crippen LogP contribution in [0.2, 0.25) is 0 Å². The molecule has 3 heterocycles. The molecule has 4 aromatic rings. The molecule has 0 aliphatic heterocycles. The minimum Gasteiger partial charge on any atom is -0.503 e. The summed E-state index contributed by atoms with van der Waals surface area (Å²) in [6.45, 7) is 4.25. The molecule has 1 aromatic carbocycles. The molecule has 0 spiro atoms. The van der Waals surface area contributed by atoms with Gasteiger partial charge in [-0.25, -0.2) is 4.98 Å². The number of ether oxygens (including phenoxy) is 1. The number of furan rings is 1. The van der Waals surface area contributed by atoms with Crippen molar-refractivity contribution in [3.05, 3.63) is 53.1 Å². The van der Waals surface area contributed by atoms with Crippen molar-refractivity contribution in [3.63, 3.8) is 0 Å². The van der Waals surface area contributed by atoms with Crippen LogP contribution in [0.1, 0.15) is 72.5 Å². The Morgan fingerprint density at radius 1 is 1.21 bits per heavy atom. The molecule has 5 rings (SSSR count). The molecule has 0 saturated heterocycles. The molecule has 1 aliphatic rings. The average Bonchev–Trinajstić information content (AvgIpc) is 3.50. The number of benzene rings is 1. The van der Waals surface area contributed by atoms with E-state index in [0.29, 0.717) is 23.2 Å². The Balaban J connectivity index is 1.70. The number of ketones is 1. The van der Waals surface area contributed by atoms with Crippen molar-refractivity contribution in [2.45, 2.75) is 51.9 Å². The fraction of sp³-hybridized carbons (Fsp3) is 0.360. The monoisotopic (exact) mass is 466 g/mol. The van der Waals surface area contributed by atoms with Gasteiger partial charge in [-0.3, -0.25) is 9.36 Å². The van der Waals surface area contributed by atoms with Crippen LogP contribution in [-0.4, -0.2) is 32.2 Å². The maximum atomic E-state index is 13.4. The number of carbonyl (C=O) groups excluding carboxylic acids is 1. The van der Waals surface area contributed by atoms with Gasteiger partial charge < -0.3 is 19.4 Å². The van der Waals surface area contributed by atoms with Gasteiger partial charge in [0.05, 0.1) is 22.4 Å². The molecule has 0 bridgehead atoms. The zero-order valence-electron chi connectivity index (χ0n) is 18.6. The van der Waals surface area contributed by atoms with Gasteiger partial charge in [-0.1, -0.05) is 30.6 Å². The summed E-state index contributed by atoms with van der Waals surface area (Å²) in [6.07, 6.45) is 4.95. The lowest BCUT2D eigenvalue weighted by atomic mass is 9.84. The van der Waals surface area contributed by atoms with Crippen molar-refractivity contribution in [1.29, 1.82) is 0 Å². The van der Waals surface area contributed by atoms with Gasteiger partial charge in [-0.05, 0) is 57.0 Å². The predicted octanol–water partition coefficient (Wildman–Crippen LogP) is 6.08. The fourth-order valence-electron chi connectivity index (χ4n) is 4.67. The van der Waals surface area contributed by atoms with E-state index in [-0.39, 0.29) is 23.1 Å². The fourth-order valence-corrected chi connectivity index (χ4v) is 5.68. The third-order valence-electron chi connectivity index (χ3n) is 6.19. The van der Waals surface area contributed by atoms with Gasteiger partial charge >= 0.3 is 0 Å². The minimum atomic E-state index is -0.435. The number of aromatic nitrogens is 2. The second kappa shape index (κ2) is 8.59. The van der Waals surface area contributed by atoms with Crippen molar-refractivity contribution in [3.8, 4) is 22.5 Å². The van der Waals surface area contributed by atoms with Gasteiger partial charge in [0.1, 0.15) is 11.5 Å². The van der Waals surface area contributed by atoms with E-state index >= 15 is 0 Å². The number of carbonyl (C=O) groups is 1. The molecule has 7 nitrogen and oxygen atoms in total. The molecule has 0 amide bonds. The van der Waals surface area contributed by atoms with Crippen LogP contribution in [0, 0.1) is 6.92 Å². The summed E-state index contributed by atoms with van der Waals surface area (Å²) in [6, 6.07) is 8.96. The van der Waals surface area contributed by atoms with E-state index in [1.165, 1.54) is 11.3 Å². The van der Waals surface area contributed by atoms with E-state index in [1.807, 2.05) is 25.1 Å². The normalized spacial score (nSPS) is 14.7. The molecule has 1 fully saturated rings. The zero-order valence-corrected chi connectivity index (χ0v) is 19.4. The summed E-state index contributed by atoms with van der Waals surface area (Å²) >= 11 is 1.38. The van der Waals surface area contributed by atoms with Crippen LogP contribution in [0.25, 0.3) is 15.3 Å². The Labute approximate surface area is 195 Å². The van der Waals surface area contributed by atoms with Crippen LogP contribution in [0.15, 0.2) is 34.7 Å². The van der Waals surface area contributed by atoms with Crippen LogP contribution in [0.3, 0.4) is 0 Å². The number of hydrogen-bond acceptors (Lipinski definition) is 7. The zero-order chi connectivity index (χ0) is 23.1. The van der Waals surface area contributed by atoms with Crippen LogP contribution in [0.4, 0.5) is 0 Å². The summed E-state index contributed by atoms with van der Waals surface area (Å²) in [4.78, 5) is 18.1. The summed E-state index contributed by atoms with van der Waals surface area (Å²) in [5.74, 6) is 0.285. The molecular formula is C25H26N2O5S. The predicted molar refractivity (Wildman–Crippen MR) is 126 cm³/mol. The van der Waals surface area contributed by atoms with Crippen LogP contribution >= 0.6 is 11.3 Å². The second-order valence-corrected chi connectivity index (χ2v) is 9.41. The van der Waals surface area contributed by atoms with Crippen molar-refractivity contribution in [2.24, 2.45) is 0 Å². The quantitative estimate of drug-likeness (QED) is 0.334. The van der Waals surface area contributed by atoms with Gasteiger partial charge in [0.2, 0.25) is 11.7 Å². The highest BCUT2D eigenvalue weighted by Crippen LogP contribution is 2.47. The minimum absolute atomic E-state index is 0.0200. The average molecular weight is 467 g/mol. The lowest BCUT2D eigenvalue weighted by molar-refractivity contribution is 0.100. The maximum Gasteiger partial charge on any atom is 0.242 e. The number of rotatable bonds is 6. The highest BCUT2D eigenvalue weighted by molar-refractivity contribution is 7.20. The molecular weight excluding hydrogens is 440 g/mol. The first kappa shape index (κ1) is 21.6. The van der Waals surface area contributed by atoms with Crippen LogP contribution in [0.5, 0.6) is 17.4 Å². The van der Waals surface area contributed by atoms with Crippen molar-refractivity contribution in [1.82, 2.24) is 9.55 Å².